The van der Waals surface area contributed by atoms with Crippen molar-refractivity contribution in [2.24, 2.45) is 11.8 Å². The van der Waals surface area contributed by atoms with E-state index >= 15 is 0 Å². The number of terminal acetylenes is 1. The smallest absolute Gasteiger partial charge is 0.162 e. The van der Waals surface area contributed by atoms with Crippen LogP contribution in [0.15, 0.2) is 48.0 Å². The molecule has 0 saturated heterocycles. The van der Waals surface area contributed by atoms with Crippen LogP contribution in [0.2, 0.25) is 0 Å². The highest BCUT2D eigenvalue weighted by Crippen LogP contribution is 2.23. The lowest BCUT2D eigenvalue weighted by Crippen LogP contribution is -2.25. The van der Waals surface area contributed by atoms with Crippen LogP contribution < -0.4 is 0 Å². The van der Waals surface area contributed by atoms with Crippen molar-refractivity contribution < 1.29 is 24.9 Å². The normalized spacial score (nSPS) is 16.6. The molecule has 1 aliphatic carbocycles. The minimum absolute atomic E-state index is 0.127. The minimum Gasteiger partial charge on any atom is -0.507 e. The molecule has 1 fully saturated rings. The second kappa shape index (κ2) is 24.1. The van der Waals surface area contributed by atoms with E-state index in [0.717, 1.165) is 12.8 Å². The number of aliphatic hydroxyl groups is 3. The van der Waals surface area contributed by atoms with Gasteiger partial charge in [-0.05, 0) is 43.6 Å². The summed E-state index contributed by atoms with van der Waals surface area (Å²) in [5, 5.41) is 30.9. The highest BCUT2D eigenvalue weighted by molar-refractivity contribution is 5.96. The SMILES string of the molecule is C#C.C1CC1.C=C/C(=C\C(O)=C(/C/C=C/CC(O)C(O)CCCC(C)C(C)CCC)C(=O)CCC)OC. The van der Waals surface area contributed by atoms with Gasteiger partial charge in [0, 0.05) is 18.1 Å². The largest absolute Gasteiger partial charge is 0.507 e. The lowest BCUT2D eigenvalue weighted by atomic mass is 9.87. The molecular formula is C32H54O5. The number of rotatable bonds is 18. The number of carbonyl (C=O) groups excluding carboxylic acids is 1. The molecule has 3 N–H and O–H groups in total. The van der Waals surface area contributed by atoms with Crippen molar-refractivity contribution in [1.29, 1.82) is 0 Å². The van der Waals surface area contributed by atoms with Gasteiger partial charge < -0.3 is 20.1 Å². The average molecular weight is 519 g/mol. The standard InChI is InChI=1S/C27H46O5.C3H6.C2H2/c1-7-13-20(4)21(5)15-12-18-26(30)25(29)17-11-10-16-23(24(28)14-8-2)27(31)19-22(9-3)32-6;1-2-3-1;1-2/h9-11,19-21,25-26,29-31H,3,7-8,12-18H2,1-2,4-6H3;1-3H2;1-2H/b11-10+,22-19+,27-23-;;. The predicted molar refractivity (Wildman–Crippen MR) is 156 cm³/mol. The van der Waals surface area contributed by atoms with Crippen LogP contribution in [0, 0.1) is 24.7 Å². The van der Waals surface area contributed by atoms with Crippen molar-refractivity contribution in [3.63, 3.8) is 0 Å². The summed E-state index contributed by atoms with van der Waals surface area (Å²) in [6.07, 6.45) is 23.7. The Bertz CT molecular complexity index is 711. The Hall–Kier alpha value is -2.29. The van der Waals surface area contributed by atoms with Crippen LogP contribution in [0.25, 0.3) is 0 Å². The minimum atomic E-state index is -0.845. The third-order valence-corrected chi connectivity index (χ3v) is 6.38. The molecule has 1 rings (SSSR count). The molecule has 37 heavy (non-hydrogen) atoms. The van der Waals surface area contributed by atoms with Crippen LogP contribution >= 0.6 is 0 Å². The molecule has 4 unspecified atom stereocenters. The van der Waals surface area contributed by atoms with Crippen LogP contribution in [0.4, 0.5) is 0 Å². The summed E-state index contributed by atoms with van der Waals surface area (Å²) in [5.74, 6) is 1.39. The first-order valence-electron chi connectivity index (χ1n) is 13.9. The highest BCUT2D eigenvalue weighted by Gasteiger charge is 2.17. The second-order valence-electron chi connectivity index (χ2n) is 9.77. The zero-order valence-electron chi connectivity index (χ0n) is 24.1. The van der Waals surface area contributed by atoms with Crippen LogP contribution in [-0.4, -0.2) is 40.4 Å². The lowest BCUT2D eigenvalue weighted by molar-refractivity contribution is -0.115. The molecule has 0 aliphatic heterocycles. The lowest BCUT2D eigenvalue weighted by Gasteiger charge is -2.21. The predicted octanol–water partition coefficient (Wildman–Crippen LogP) is 7.60. The van der Waals surface area contributed by atoms with Crippen molar-refractivity contribution in [2.45, 2.75) is 117 Å². The van der Waals surface area contributed by atoms with E-state index in [1.54, 1.807) is 12.2 Å². The average Bonchev–Trinajstić information content (AvgIpc) is 3.78. The van der Waals surface area contributed by atoms with Gasteiger partial charge in [0.2, 0.25) is 0 Å². The molecule has 212 valence electrons. The summed E-state index contributed by atoms with van der Waals surface area (Å²) in [6.45, 7) is 12.2. The van der Waals surface area contributed by atoms with Gasteiger partial charge in [-0.15, -0.1) is 12.8 Å². The van der Waals surface area contributed by atoms with Crippen molar-refractivity contribution in [2.75, 3.05) is 7.11 Å². The van der Waals surface area contributed by atoms with Gasteiger partial charge in [-0.2, -0.15) is 0 Å². The molecule has 5 nitrogen and oxygen atoms in total. The van der Waals surface area contributed by atoms with Crippen molar-refractivity contribution in [1.82, 2.24) is 0 Å². The summed E-state index contributed by atoms with van der Waals surface area (Å²) in [4.78, 5) is 12.4. The van der Waals surface area contributed by atoms with Crippen molar-refractivity contribution in [3.8, 4) is 12.8 Å². The number of hydrogen-bond donors (Lipinski definition) is 3. The van der Waals surface area contributed by atoms with E-state index in [1.165, 1.54) is 51.4 Å². The van der Waals surface area contributed by atoms with E-state index in [0.29, 0.717) is 48.9 Å². The number of methoxy groups -OCH3 is 1. The Balaban J connectivity index is 0. The van der Waals surface area contributed by atoms with Crippen molar-refractivity contribution >= 4 is 5.78 Å². The number of ether oxygens (including phenoxy) is 1. The Labute approximate surface area is 227 Å². The maximum Gasteiger partial charge on any atom is 0.162 e. The Morgan fingerprint density at radius 3 is 2.05 bits per heavy atom. The monoisotopic (exact) mass is 518 g/mol. The fourth-order valence-corrected chi connectivity index (χ4v) is 3.62. The maximum atomic E-state index is 12.4. The highest BCUT2D eigenvalue weighted by atomic mass is 16.5. The maximum absolute atomic E-state index is 12.4. The fraction of sp³-hybridized carbons (Fsp3) is 0.656. The molecule has 1 aliphatic rings. The number of aliphatic hydroxyl groups excluding tert-OH is 3. The van der Waals surface area contributed by atoms with E-state index in [-0.39, 0.29) is 18.0 Å². The summed E-state index contributed by atoms with van der Waals surface area (Å²) >= 11 is 0. The number of ketones is 1. The molecular weight excluding hydrogens is 464 g/mol. The third-order valence-electron chi connectivity index (χ3n) is 6.38. The Morgan fingerprint density at radius 2 is 1.57 bits per heavy atom. The topological polar surface area (TPSA) is 87.0 Å². The first kappa shape index (κ1) is 36.9. The fourth-order valence-electron chi connectivity index (χ4n) is 3.62. The first-order chi connectivity index (χ1) is 17.7. The molecule has 0 aromatic rings. The van der Waals surface area contributed by atoms with Crippen LogP contribution in [0.3, 0.4) is 0 Å². The zero-order valence-corrected chi connectivity index (χ0v) is 24.1. The van der Waals surface area contributed by atoms with Crippen LogP contribution in [0.5, 0.6) is 0 Å². The first-order valence-corrected chi connectivity index (χ1v) is 13.9. The van der Waals surface area contributed by atoms with Crippen molar-refractivity contribution in [3.05, 3.63) is 48.0 Å². The molecule has 0 amide bonds. The van der Waals surface area contributed by atoms with Crippen LogP contribution in [0.1, 0.15) is 105 Å². The summed E-state index contributed by atoms with van der Waals surface area (Å²) in [6, 6.07) is 0. The summed E-state index contributed by atoms with van der Waals surface area (Å²) in [7, 11) is 1.47. The molecule has 0 aromatic heterocycles. The molecule has 5 heteroatoms. The van der Waals surface area contributed by atoms with Gasteiger partial charge in [-0.25, -0.2) is 0 Å². The van der Waals surface area contributed by atoms with E-state index in [2.05, 4.69) is 40.2 Å². The zero-order chi connectivity index (χ0) is 28.6. The van der Waals surface area contributed by atoms with Gasteiger partial charge in [-0.1, -0.05) is 91.4 Å². The van der Waals surface area contributed by atoms with Gasteiger partial charge >= 0.3 is 0 Å². The van der Waals surface area contributed by atoms with E-state index in [4.69, 9.17) is 4.74 Å². The van der Waals surface area contributed by atoms with Gasteiger partial charge in [0.25, 0.3) is 0 Å². The number of carbonyl (C=O) groups is 1. The van der Waals surface area contributed by atoms with Gasteiger partial charge in [-0.3, -0.25) is 4.79 Å². The molecule has 0 heterocycles. The van der Waals surface area contributed by atoms with E-state index < -0.39 is 12.2 Å². The van der Waals surface area contributed by atoms with E-state index in [9.17, 15) is 20.1 Å². The molecule has 0 spiro atoms. The second-order valence-corrected chi connectivity index (χ2v) is 9.77. The molecule has 0 bridgehead atoms. The number of Topliss-reactive ketones (excluding diaryl/α,β-unsaturated/α-hetero) is 1. The summed E-state index contributed by atoms with van der Waals surface area (Å²) < 4.78 is 5.07. The molecule has 1 saturated carbocycles. The quantitative estimate of drug-likeness (QED) is 0.0571. The Kier molecular flexibility index (Phi) is 24.0. The molecule has 0 radical (unpaired) electrons. The Morgan fingerprint density at radius 1 is 0.973 bits per heavy atom. The summed E-state index contributed by atoms with van der Waals surface area (Å²) in [5.41, 5.74) is 0.296. The number of allylic oxidation sites excluding steroid dienone is 4. The van der Waals surface area contributed by atoms with Gasteiger partial charge in [0.15, 0.2) is 5.78 Å². The van der Waals surface area contributed by atoms with Crippen LogP contribution in [-0.2, 0) is 9.53 Å². The van der Waals surface area contributed by atoms with Gasteiger partial charge in [0.05, 0.1) is 19.3 Å². The van der Waals surface area contributed by atoms with E-state index in [1.807, 2.05) is 6.92 Å². The molecule has 0 aromatic carbocycles. The van der Waals surface area contributed by atoms with Gasteiger partial charge in [0.1, 0.15) is 11.5 Å². The number of hydrogen-bond acceptors (Lipinski definition) is 5. The molecule has 4 atom stereocenters. The third kappa shape index (κ3) is 19.5.